The van der Waals surface area contributed by atoms with E-state index in [1.165, 1.54) is 0 Å². The number of amides is 2. The third kappa shape index (κ3) is 3.48. The van der Waals surface area contributed by atoms with Gasteiger partial charge in [0, 0.05) is 31.6 Å². The van der Waals surface area contributed by atoms with Crippen LogP contribution in [0.25, 0.3) is 0 Å². The SMILES string of the molecule is O=C1Cc2ccc(C(=O)CO)cc2CN(C(=O)N2CCCCC2)C1. The number of hydrogen-bond acceptors (Lipinski definition) is 4. The van der Waals surface area contributed by atoms with Crippen molar-refractivity contribution >= 4 is 17.6 Å². The Labute approximate surface area is 141 Å². The Kier molecular flexibility index (Phi) is 4.94. The van der Waals surface area contributed by atoms with Crippen LogP contribution in [-0.2, 0) is 17.8 Å². The first-order valence-electron chi connectivity index (χ1n) is 8.40. The Bertz CT molecular complexity index is 665. The van der Waals surface area contributed by atoms with Crippen LogP contribution in [0.3, 0.4) is 0 Å². The number of nitrogens with zero attached hydrogens (tertiary/aromatic N) is 2. The second kappa shape index (κ2) is 7.13. The topological polar surface area (TPSA) is 77.9 Å². The van der Waals surface area contributed by atoms with Crippen LogP contribution in [0.2, 0.25) is 0 Å². The van der Waals surface area contributed by atoms with Gasteiger partial charge in [0.2, 0.25) is 0 Å². The number of aliphatic hydroxyl groups excluding tert-OH is 1. The largest absolute Gasteiger partial charge is 0.388 e. The molecule has 1 aromatic carbocycles. The molecule has 1 N–H and O–H groups in total. The zero-order chi connectivity index (χ0) is 17.1. The molecule has 128 valence electrons. The van der Waals surface area contributed by atoms with Crippen molar-refractivity contribution in [2.75, 3.05) is 26.2 Å². The predicted molar refractivity (Wildman–Crippen MR) is 87.8 cm³/mol. The number of piperidine rings is 1. The van der Waals surface area contributed by atoms with Crippen LogP contribution >= 0.6 is 0 Å². The summed E-state index contributed by atoms with van der Waals surface area (Å²) in [5, 5.41) is 9.03. The fourth-order valence-corrected chi connectivity index (χ4v) is 3.37. The Morgan fingerprint density at radius 2 is 1.75 bits per heavy atom. The van der Waals surface area contributed by atoms with E-state index in [0.717, 1.165) is 43.5 Å². The van der Waals surface area contributed by atoms with Crippen LogP contribution in [0.5, 0.6) is 0 Å². The maximum atomic E-state index is 12.7. The number of ketones is 2. The van der Waals surface area contributed by atoms with Gasteiger partial charge >= 0.3 is 6.03 Å². The number of rotatable bonds is 2. The van der Waals surface area contributed by atoms with Crippen LogP contribution in [0, 0.1) is 0 Å². The molecule has 0 saturated carbocycles. The number of likely N-dealkylation sites (tertiary alicyclic amines) is 1. The molecule has 0 radical (unpaired) electrons. The predicted octanol–water partition coefficient (Wildman–Crippen LogP) is 1.39. The third-order valence-electron chi connectivity index (χ3n) is 4.68. The van der Waals surface area contributed by atoms with Gasteiger partial charge in [0.15, 0.2) is 11.6 Å². The van der Waals surface area contributed by atoms with E-state index >= 15 is 0 Å². The second-order valence-electron chi connectivity index (χ2n) is 6.47. The molecule has 6 nitrogen and oxygen atoms in total. The second-order valence-corrected chi connectivity index (χ2v) is 6.47. The number of aliphatic hydroxyl groups is 1. The molecule has 0 spiro atoms. The van der Waals surface area contributed by atoms with Crippen molar-refractivity contribution in [1.82, 2.24) is 9.80 Å². The molecule has 2 aliphatic rings. The summed E-state index contributed by atoms with van der Waals surface area (Å²) in [6, 6.07) is 4.98. The van der Waals surface area contributed by atoms with Gasteiger partial charge in [-0.15, -0.1) is 0 Å². The van der Waals surface area contributed by atoms with Gasteiger partial charge in [-0.2, -0.15) is 0 Å². The number of Topliss-reactive ketones (excluding diaryl/α,β-unsaturated/α-hetero) is 2. The quantitative estimate of drug-likeness (QED) is 0.832. The number of benzene rings is 1. The maximum Gasteiger partial charge on any atom is 0.320 e. The van der Waals surface area contributed by atoms with Crippen molar-refractivity contribution in [3.63, 3.8) is 0 Å². The molecule has 2 heterocycles. The molecule has 3 rings (SSSR count). The Hall–Kier alpha value is -2.21. The molecule has 0 bridgehead atoms. The number of hydrogen-bond donors (Lipinski definition) is 1. The van der Waals surface area contributed by atoms with E-state index in [1.807, 2.05) is 4.90 Å². The normalized spacial score (nSPS) is 18.1. The summed E-state index contributed by atoms with van der Waals surface area (Å²) in [5.74, 6) is -0.359. The van der Waals surface area contributed by atoms with Gasteiger partial charge in [-0.3, -0.25) is 9.59 Å². The van der Waals surface area contributed by atoms with E-state index in [1.54, 1.807) is 23.1 Å². The average Bonchev–Trinajstić information content (AvgIpc) is 2.78. The van der Waals surface area contributed by atoms with Crippen LogP contribution < -0.4 is 0 Å². The van der Waals surface area contributed by atoms with Crippen molar-refractivity contribution in [2.24, 2.45) is 0 Å². The molecular formula is C18H22N2O4. The lowest BCUT2D eigenvalue weighted by Gasteiger charge is -2.32. The van der Waals surface area contributed by atoms with Crippen LogP contribution in [0.1, 0.15) is 40.7 Å². The molecular weight excluding hydrogens is 308 g/mol. The van der Waals surface area contributed by atoms with Crippen molar-refractivity contribution in [1.29, 1.82) is 0 Å². The summed E-state index contributed by atoms with van der Waals surface area (Å²) in [6.45, 7) is 1.35. The van der Waals surface area contributed by atoms with Gasteiger partial charge in [0.1, 0.15) is 6.61 Å². The minimum absolute atomic E-state index is 0.000319. The Morgan fingerprint density at radius 1 is 1.00 bits per heavy atom. The molecule has 24 heavy (non-hydrogen) atoms. The maximum absolute atomic E-state index is 12.7. The van der Waals surface area contributed by atoms with Crippen molar-refractivity contribution in [3.8, 4) is 0 Å². The molecule has 1 aromatic rings. The van der Waals surface area contributed by atoms with E-state index in [2.05, 4.69) is 0 Å². The molecule has 2 aliphatic heterocycles. The van der Waals surface area contributed by atoms with Gasteiger partial charge in [0.05, 0.1) is 6.54 Å². The standard InChI is InChI=1S/C18H22N2O4/c21-12-17(23)14-5-4-13-9-16(22)11-20(10-15(13)8-14)18(24)19-6-2-1-3-7-19/h4-5,8,21H,1-3,6-7,9-12H2. The van der Waals surface area contributed by atoms with Gasteiger partial charge < -0.3 is 14.9 Å². The summed E-state index contributed by atoms with van der Waals surface area (Å²) in [6.07, 6.45) is 3.41. The van der Waals surface area contributed by atoms with E-state index in [0.29, 0.717) is 12.1 Å². The Morgan fingerprint density at radius 3 is 2.46 bits per heavy atom. The highest BCUT2D eigenvalue weighted by molar-refractivity contribution is 5.97. The molecule has 0 unspecified atom stereocenters. The fraction of sp³-hybridized carbons (Fsp3) is 0.500. The van der Waals surface area contributed by atoms with Gasteiger partial charge in [-0.1, -0.05) is 12.1 Å². The minimum Gasteiger partial charge on any atom is -0.388 e. The first kappa shape index (κ1) is 16.6. The Balaban J connectivity index is 1.85. The molecule has 0 aromatic heterocycles. The van der Waals surface area contributed by atoms with E-state index < -0.39 is 6.61 Å². The van der Waals surface area contributed by atoms with Crippen molar-refractivity contribution < 1.29 is 19.5 Å². The van der Waals surface area contributed by atoms with Crippen molar-refractivity contribution in [3.05, 3.63) is 34.9 Å². The minimum atomic E-state index is -0.547. The summed E-state index contributed by atoms with van der Waals surface area (Å²) < 4.78 is 0. The van der Waals surface area contributed by atoms with Crippen LogP contribution in [-0.4, -0.2) is 58.7 Å². The monoisotopic (exact) mass is 330 g/mol. The first-order valence-corrected chi connectivity index (χ1v) is 8.40. The number of carbonyl (C=O) groups is 3. The molecule has 0 aliphatic carbocycles. The highest BCUT2D eigenvalue weighted by Crippen LogP contribution is 2.21. The van der Waals surface area contributed by atoms with E-state index in [-0.39, 0.29) is 30.6 Å². The first-order chi connectivity index (χ1) is 11.6. The number of fused-ring (bicyclic) bond motifs is 1. The lowest BCUT2D eigenvalue weighted by atomic mass is 9.99. The van der Waals surface area contributed by atoms with Crippen molar-refractivity contribution in [2.45, 2.75) is 32.2 Å². The summed E-state index contributed by atoms with van der Waals surface area (Å²) in [7, 11) is 0. The average molecular weight is 330 g/mol. The van der Waals surface area contributed by atoms with E-state index in [9.17, 15) is 14.4 Å². The number of urea groups is 1. The highest BCUT2D eigenvalue weighted by Gasteiger charge is 2.28. The van der Waals surface area contributed by atoms with Crippen LogP contribution in [0.15, 0.2) is 18.2 Å². The third-order valence-corrected chi connectivity index (χ3v) is 4.68. The van der Waals surface area contributed by atoms with E-state index in [4.69, 9.17) is 5.11 Å². The lowest BCUT2D eigenvalue weighted by molar-refractivity contribution is -0.119. The summed E-state index contributed by atoms with van der Waals surface area (Å²) in [5.41, 5.74) is 2.07. The summed E-state index contributed by atoms with van der Waals surface area (Å²) in [4.78, 5) is 40.0. The smallest absolute Gasteiger partial charge is 0.320 e. The van der Waals surface area contributed by atoms with Gasteiger partial charge in [0.25, 0.3) is 0 Å². The van der Waals surface area contributed by atoms with Crippen LogP contribution in [0.4, 0.5) is 4.79 Å². The van der Waals surface area contributed by atoms with Gasteiger partial charge in [-0.05, 0) is 36.5 Å². The summed E-state index contributed by atoms with van der Waals surface area (Å²) >= 11 is 0. The molecule has 1 fully saturated rings. The molecule has 0 atom stereocenters. The zero-order valence-corrected chi connectivity index (χ0v) is 13.7. The fourth-order valence-electron chi connectivity index (χ4n) is 3.37. The zero-order valence-electron chi connectivity index (χ0n) is 13.7. The molecule has 6 heteroatoms. The lowest BCUT2D eigenvalue weighted by Crippen LogP contribution is -2.46. The van der Waals surface area contributed by atoms with Gasteiger partial charge in [-0.25, -0.2) is 4.79 Å². The molecule has 2 amide bonds. The molecule has 1 saturated heterocycles. The number of carbonyl (C=O) groups excluding carboxylic acids is 3. The highest BCUT2D eigenvalue weighted by atomic mass is 16.3.